The molecule has 0 bridgehead atoms. The summed E-state index contributed by atoms with van der Waals surface area (Å²) in [5, 5.41) is 0.0405. The monoisotopic (exact) mass is 247 g/mol. The first-order valence-corrected chi connectivity index (χ1v) is 4.92. The number of aromatic nitrogens is 1. The smallest absolute Gasteiger partial charge is 0.141 e. The molecule has 2 nitrogen and oxygen atoms in total. The SMILES string of the molecule is ClC1CCOc2c(Br)cncc21. The molecule has 1 atom stereocenters. The van der Waals surface area contributed by atoms with E-state index < -0.39 is 0 Å². The summed E-state index contributed by atoms with van der Waals surface area (Å²) in [4.78, 5) is 4.04. The van der Waals surface area contributed by atoms with Crippen molar-refractivity contribution < 1.29 is 4.74 Å². The summed E-state index contributed by atoms with van der Waals surface area (Å²) in [5.41, 5.74) is 0.984. The third-order valence-electron chi connectivity index (χ3n) is 1.84. The van der Waals surface area contributed by atoms with Crippen molar-refractivity contribution in [3.63, 3.8) is 0 Å². The fourth-order valence-corrected chi connectivity index (χ4v) is 1.94. The number of nitrogens with zero attached hydrogens (tertiary/aromatic N) is 1. The zero-order valence-corrected chi connectivity index (χ0v) is 8.60. The zero-order chi connectivity index (χ0) is 8.55. The van der Waals surface area contributed by atoms with Crippen LogP contribution in [0.2, 0.25) is 0 Å². The second-order valence-corrected chi connectivity index (χ2v) is 4.03. The van der Waals surface area contributed by atoms with E-state index in [0.29, 0.717) is 6.61 Å². The van der Waals surface area contributed by atoms with Gasteiger partial charge in [-0.25, -0.2) is 0 Å². The summed E-state index contributed by atoms with van der Waals surface area (Å²) in [6, 6.07) is 0. The maximum atomic E-state index is 6.08. The Hall–Kier alpha value is -0.280. The summed E-state index contributed by atoms with van der Waals surface area (Å²) in [6.07, 6.45) is 4.33. The molecule has 12 heavy (non-hydrogen) atoms. The number of halogens is 2. The lowest BCUT2D eigenvalue weighted by Crippen LogP contribution is -2.11. The molecule has 1 aliphatic rings. The molecule has 0 amide bonds. The highest BCUT2D eigenvalue weighted by Crippen LogP contribution is 2.39. The van der Waals surface area contributed by atoms with E-state index in [4.69, 9.17) is 16.3 Å². The average Bonchev–Trinajstić information content (AvgIpc) is 2.07. The van der Waals surface area contributed by atoms with E-state index in [2.05, 4.69) is 20.9 Å². The molecule has 0 aliphatic carbocycles. The Morgan fingerprint density at radius 3 is 3.17 bits per heavy atom. The molecule has 4 heteroatoms. The van der Waals surface area contributed by atoms with E-state index in [9.17, 15) is 0 Å². The van der Waals surface area contributed by atoms with Gasteiger partial charge in [0, 0.05) is 24.4 Å². The van der Waals surface area contributed by atoms with Gasteiger partial charge in [0.2, 0.25) is 0 Å². The topological polar surface area (TPSA) is 22.1 Å². The third-order valence-corrected chi connectivity index (χ3v) is 2.85. The highest BCUT2D eigenvalue weighted by atomic mass is 79.9. The van der Waals surface area contributed by atoms with Gasteiger partial charge in [0.05, 0.1) is 16.5 Å². The van der Waals surface area contributed by atoms with Gasteiger partial charge in [-0.1, -0.05) is 0 Å². The van der Waals surface area contributed by atoms with E-state index in [1.54, 1.807) is 12.4 Å². The molecule has 0 spiro atoms. The van der Waals surface area contributed by atoms with Crippen molar-refractivity contribution in [2.24, 2.45) is 0 Å². The predicted molar refractivity (Wildman–Crippen MR) is 50.6 cm³/mol. The van der Waals surface area contributed by atoms with Crippen LogP contribution in [-0.4, -0.2) is 11.6 Å². The zero-order valence-electron chi connectivity index (χ0n) is 6.26. The fourth-order valence-electron chi connectivity index (χ4n) is 1.23. The first-order chi connectivity index (χ1) is 5.79. The second kappa shape index (κ2) is 3.23. The van der Waals surface area contributed by atoms with Gasteiger partial charge in [0.15, 0.2) is 0 Å². The molecule has 1 aliphatic heterocycles. The summed E-state index contributed by atoms with van der Waals surface area (Å²) >= 11 is 9.44. The molecule has 0 aromatic carbocycles. The molecule has 0 N–H and O–H groups in total. The highest BCUT2D eigenvalue weighted by molar-refractivity contribution is 9.10. The maximum Gasteiger partial charge on any atom is 0.141 e. The Morgan fingerprint density at radius 2 is 2.42 bits per heavy atom. The average molecular weight is 249 g/mol. The molecular weight excluding hydrogens is 241 g/mol. The number of ether oxygens (including phenoxy) is 1. The number of hydrogen-bond acceptors (Lipinski definition) is 2. The molecule has 2 rings (SSSR count). The minimum atomic E-state index is 0.0405. The number of alkyl halides is 1. The first-order valence-electron chi connectivity index (χ1n) is 3.69. The molecule has 1 aromatic heterocycles. The van der Waals surface area contributed by atoms with E-state index in [-0.39, 0.29) is 5.38 Å². The lowest BCUT2D eigenvalue weighted by atomic mass is 10.1. The van der Waals surface area contributed by atoms with Gasteiger partial charge < -0.3 is 4.74 Å². The van der Waals surface area contributed by atoms with Gasteiger partial charge in [-0.3, -0.25) is 4.98 Å². The van der Waals surface area contributed by atoms with Gasteiger partial charge in [0.1, 0.15) is 5.75 Å². The van der Waals surface area contributed by atoms with Gasteiger partial charge in [-0.2, -0.15) is 0 Å². The molecule has 0 fully saturated rings. The Labute approximate surface area is 84.0 Å². The van der Waals surface area contributed by atoms with Crippen LogP contribution in [0.1, 0.15) is 17.4 Å². The Bertz CT molecular complexity index is 305. The van der Waals surface area contributed by atoms with Gasteiger partial charge >= 0.3 is 0 Å². The van der Waals surface area contributed by atoms with Gasteiger partial charge in [-0.15, -0.1) is 11.6 Å². The fraction of sp³-hybridized carbons (Fsp3) is 0.375. The van der Waals surface area contributed by atoms with E-state index in [1.165, 1.54) is 0 Å². The van der Waals surface area contributed by atoms with Crippen molar-refractivity contribution >= 4 is 27.5 Å². The number of fused-ring (bicyclic) bond motifs is 1. The molecule has 1 unspecified atom stereocenters. The lowest BCUT2D eigenvalue weighted by Gasteiger charge is -2.21. The minimum absolute atomic E-state index is 0.0405. The van der Waals surface area contributed by atoms with E-state index in [0.717, 1.165) is 22.2 Å². The highest BCUT2D eigenvalue weighted by Gasteiger charge is 2.21. The van der Waals surface area contributed by atoms with Crippen LogP contribution in [-0.2, 0) is 0 Å². The third kappa shape index (κ3) is 1.31. The second-order valence-electron chi connectivity index (χ2n) is 2.64. The summed E-state index contributed by atoms with van der Waals surface area (Å²) in [6.45, 7) is 0.684. The summed E-state index contributed by atoms with van der Waals surface area (Å²) in [5.74, 6) is 0.844. The van der Waals surface area contributed by atoms with Crippen molar-refractivity contribution in [1.82, 2.24) is 4.98 Å². The van der Waals surface area contributed by atoms with Crippen molar-refractivity contribution in [1.29, 1.82) is 0 Å². The van der Waals surface area contributed by atoms with Crippen molar-refractivity contribution in [2.45, 2.75) is 11.8 Å². The number of pyridine rings is 1. The molecule has 64 valence electrons. The molecular formula is C8H7BrClNO. The van der Waals surface area contributed by atoms with Crippen molar-refractivity contribution in [3.8, 4) is 5.75 Å². The number of hydrogen-bond donors (Lipinski definition) is 0. The van der Waals surface area contributed by atoms with Crippen LogP contribution < -0.4 is 4.74 Å². The van der Waals surface area contributed by atoms with E-state index >= 15 is 0 Å². The van der Waals surface area contributed by atoms with Crippen LogP contribution in [0.25, 0.3) is 0 Å². The van der Waals surface area contributed by atoms with Crippen LogP contribution in [0.3, 0.4) is 0 Å². The van der Waals surface area contributed by atoms with Crippen LogP contribution in [0.4, 0.5) is 0 Å². The molecule has 0 saturated heterocycles. The number of rotatable bonds is 0. The molecule has 0 saturated carbocycles. The minimum Gasteiger partial charge on any atom is -0.492 e. The molecule has 2 heterocycles. The Balaban J connectivity index is 2.52. The normalized spacial score (nSPS) is 21.3. The van der Waals surface area contributed by atoms with Crippen LogP contribution in [0.5, 0.6) is 5.75 Å². The first kappa shape index (κ1) is 8.32. The standard InChI is InChI=1S/C8H7BrClNO/c9-6-4-11-3-5-7(10)1-2-12-8(5)6/h3-4,7H,1-2H2. The van der Waals surface area contributed by atoms with Gasteiger partial charge in [0.25, 0.3) is 0 Å². The van der Waals surface area contributed by atoms with Crippen molar-refractivity contribution in [3.05, 3.63) is 22.4 Å². The van der Waals surface area contributed by atoms with Crippen LogP contribution in [0.15, 0.2) is 16.9 Å². The van der Waals surface area contributed by atoms with E-state index in [1.807, 2.05) is 0 Å². The summed E-state index contributed by atoms with van der Waals surface area (Å²) < 4.78 is 6.33. The van der Waals surface area contributed by atoms with Crippen LogP contribution in [0, 0.1) is 0 Å². The predicted octanol–water partition coefficient (Wildman–Crippen LogP) is 2.91. The lowest BCUT2D eigenvalue weighted by molar-refractivity contribution is 0.282. The maximum absolute atomic E-state index is 6.08. The van der Waals surface area contributed by atoms with Gasteiger partial charge in [-0.05, 0) is 15.9 Å². The Kier molecular flexibility index (Phi) is 2.24. The quantitative estimate of drug-likeness (QED) is 0.659. The largest absolute Gasteiger partial charge is 0.492 e. The Morgan fingerprint density at radius 1 is 1.58 bits per heavy atom. The molecule has 0 radical (unpaired) electrons. The molecule has 1 aromatic rings. The van der Waals surface area contributed by atoms with Crippen LogP contribution >= 0.6 is 27.5 Å². The van der Waals surface area contributed by atoms with Crippen molar-refractivity contribution in [2.75, 3.05) is 6.61 Å². The summed E-state index contributed by atoms with van der Waals surface area (Å²) in [7, 11) is 0.